The van der Waals surface area contributed by atoms with Gasteiger partial charge in [-0.1, -0.05) is 11.6 Å². The van der Waals surface area contributed by atoms with Crippen LogP contribution >= 0.6 is 11.6 Å². The highest BCUT2D eigenvalue weighted by Gasteiger charge is 2.15. The Bertz CT molecular complexity index is 608. The molecule has 1 aromatic carbocycles. The van der Waals surface area contributed by atoms with Crippen LogP contribution in [0, 0.1) is 10.1 Å². The van der Waals surface area contributed by atoms with E-state index < -0.39 is 10.5 Å². The molecule has 0 radical (unpaired) electrons. The van der Waals surface area contributed by atoms with E-state index in [4.69, 9.17) is 11.6 Å². The Hall–Kier alpha value is -1.95. The van der Waals surface area contributed by atoms with Gasteiger partial charge in [0.1, 0.15) is 0 Å². The third-order valence-electron chi connectivity index (χ3n) is 1.89. The van der Waals surface area contributed by atoms with Gasteiger partial charge in [-0.15, -0.1) is 0 Å². The highest BCUT2D eigenvalue weighted by molar-refractivity contribution is 6.31. The molecule has 0 aliphatic heterocycles. The van der Waals surface area contributed by atoms with Gasteiger partial charge in [-0.3, -0.25) is 14.9 Å². The number of benzene rings is 1. The number of non-ortho nitro benzene ring substituents is 1. The number of nitrogens with one attached hydrogen (secondary N) is 1. The number of rotatable bonds is 1. The third-order valence-corrected chi connectivity index (χ3v) is 2.10. The van der Waals surface area contributed by atoms with Crippen molar-refractivity contribution in [3.05, 3.63) is 44.0 Å². The van der Waals surface area contributed by atoms with Gasteiger partial charge in [0.15, 0.2) is 5.52 Å². The second kappa shape index (κ2) is 3.32. The Morgan fingerprint density at radius 3 is 2.87 bits per heavy atom. The van der Waals surface area contributed by atoms with Crippen molar-refractivity contribution in [2.75, 3.05) is 0 Å². The number of aromatic nitrogens is 2. The van der Waals surface area contributed by atoms with Crippen LogP contribution in [0.2, 0.25) is 5.02 Å². The predicted molar refractivity (Wildman–Crippen MR) is 54.0 cm³/mol. The zero-order valence-electron chi connectivity index (χ0n) is 7.23. The molecule has 0 aliphatic rings. The Labute approximate surface area is 87.7 Å². The lowest BCUT2D eigenvalue weighted by atomic mass is 10.2. The molecular formula is C8H4ClN3O3. The number of nitro groups is 1. The molecule has 0 fully saturated rings. The highest BCUT2D eigenvalue weighted by Crippen LogP contribution is 2.25. The molecule has 0 aliphatic carbocycles. The minimum absolute atomic E-state index is 0.0353. The number of halogens is 1. The average molecular weight is 226 g/mol. The lowest BCUT2D eigenvalue weighted by Crippen LogP contribution is -2.07. The summed E-state index contributed by atoms with van der Waals surface area (Å²) in [7, 11) is 0. The van der Waals surface area contributed by atoms with Crippen molar-refractivity contribution in [2.45, 2.75) is 0 Å². The second-order valence-electron chi connectivity index (χ2n) is 2.81. The summed E-state index contributed by atoms with van der Waals surface area (Å²) in [5.74, 6) is 0. The first kappa shape index (κ1) is 9.60. The summed E-state index contributed by atoms with van der Waals surface area (Å²) >= 11 is 5.65. The second-order valence-corrected chi connectivity index (χ2v) is 3.25. The number of hydrogen-bond acceptors (Lipinski definition) is 4. The van der Waals surface area contributed by atoms with Crippen LogP contribution in [0.5, 0.6) is 0 Å². The van der Waals surface area contributed by atoms with Crippen LogP contribution in [-0.4, -0.2) is 14.9 Å². The summed E-state index contributed by atoms with van der Waals surface area (Å²) < 4.78 is 0. The van der Waals surface area contributed by atoms with Crippen molar-refractivity contribution in [3.63, 3.8) is 0 Å². The standard InChI is InChI=1S/C8H4ClN3O3/c9-4-1-5-7(6(2-4)12(14)15)10-3-11-8(5)13/h1-3H,(H,10,11,13). The first-order valence-corrected chi connectivity index (χ1v) is 4.29. The van der Waals surface area contributed by atoms with E-state index >= 15 is 0 Å². The summed E-state index contributed by atoms with van der Waals surface area (Å²) in [6, 6.07) is 2.51. The molecule has 6 nitrogen and oxygen atoms in total. The van der Waals surface area contributed by atoms with Crippen LogP contribution in [0.1, 0.15) is 0 Å². The van der Waals surface area contributed by atoms with Gasteiger partial charge in [-0.05, 0) is 6.07 Å². The van der Waals surface area contributed by atoms with Gasteiger partial charge in [-0.25, -0.2) is 4.98 Å². The average Bonchev–Trinajstić information content (AvgIpc) is 2.18. The highest BCUT2D eigenvalue weighted by atomic mass is 35.5. The van der Waals surface area contributed by atoms with Crippen molar-refractivity contribution in [3.8, 4) is 0 Å². The van der Waals surface area contributed by atoms with E-state index in [9.17, 15) is 14.9 Å². The first-order valence-electron chi connectivity index (χ1n) is 3.91. The smallest absolute Gasteiger partial charge is 0.297 e. The molecule has 76 valence electrons. The zero-order chi connectivity index (χ0) is 11.0. The van der Waals surface area contributed by atoms with E-state index in [2.05, 4.69) is 9.97 Å². The fourth-order valence-corrected chi connectivity index (χ4v) is 1.48. The van der Waals surface area contributed by atoms with Gasteiger partial charge in [0.2, 0.25) is 0 Å². The maximum Gasteiger partial charge on any atom is 0.297 e. The topological polar surface area (TPSA) is 88.9 Å². The number of H-pyrrole nitrogens is 1. The van der Waals surface area contributed by atoms with E-state index in [0.29, 0.717) is 0 Å². The maximum atomic E-state index is 11.3. The quantitative estimate of drug-likeness (QED) is 0.588. The van der Waals surface area contributed by atoms with Gasteiger partial charge in [0.25, 0.3) is 11.2 Å². The van der Waals surface area contributed by atoms with Crippen molar-refractivity contribution in [2.24, 2.45) is 0 Å². The molecular weight excluding hydrogens is 222 g/mol. The Balaban J connectivity index is 2.99. The fraction of sp³-hybridized carbons (Fsp3) is 0. The number of nitrogens with zero attached hydrogens (tertiary/aromatic N) is 2. The third kappa shape index (κ3) is 1.55. The molecule has 2 rings (SSSR count). The van der Waals surface area contributed by atoms with Crippen molar-refractivity contribution in [1.82, 2.24) is 9.97 Å². The largest absolute Gasteiger partial charge is 0.313 e. The monoisotopic (exact) mass is 225 g/mol. The molecule has 0 spiro atoms. The molecule has 0 bridgehead atoms. The number of fused-ring (bicyclic) bond motifs is 1. The van der Waals surface area contributed by atoms with Crippen molar-refractivity contribution in [1.29, 1.82) is 0 Å². The number of nitro benzene ring substituents is 1. The summed E-state index contributed by atoms with van der Waals surface area (Å²) in [6.07, 6.45) is 1.12. The first-order chi connectivity index (χ1) is 7.09. The summed E-state index contributed by atoms with van der Waals surface area (Å²) in [5, 5.41) is 10.9. The van der Waals surface area contributed by atoms with Crippen LogP contribution < -0.4 is 5.56 Å². The Morgan fingerprint density at radius 1 is 1.47 bits per heavy atom. The molecule has 1 aromatic heterocycles. The van der Waals surface area contributed by atoms with E-state index in [0.717, 1.165) is 12.4 Å². The molecule has 15 heavy (non-hydrogen) atoms. The maximum absolute atomic E-state index is 11.3. The van der Waals surface area contributed by atoms with Crippen molar-refractivity contribution < 1.29 is 4.92 Å². The van der Waals surface area contributed by atoms with Crippen LogP contribution in [0.3, 0.4) is 0 Å². The minimum Gasteiger partial charge on any atom is -0.313 e. The minimum atomic E-state index is -0.624. The van der Waals surface area contributed by atoms with Crippen LogP contribution in [0.15, 0.2) is 23.3 Å². The van der Waals surface area contributed by atoms with E-state index in [1.807, 2.05) is 0 Å². The fourth-order valence-electron chi connectivity index (χ4n) is 1.27. The summed E-state index contributed by atoms with van der Waals surface area (Å²) in [6.45, 7) is 0. The van der Waals surface area contributed by atoms with Gasteiger partial charge < -0.3 is 4.98 Å². The zero-order valence-corrected chi connectivity index (χ0v) is 7.99. The molecule has 0 saturated carbocycles. The lowest BCUT2D eigenvalue weighted by molar-refractivity contribution is -0.383. The van der Waals surface area contributed by atoms with Gasteiger partial charge in [0, 0.05) is 11.1 Å². The molecule has 0 atom stereocenters. The lowest BCUT2D eigenvalue weighted by Gasteiger charge is -1.98. The van der Waals surface area contributed by atoms with Crippen LogP contribution in [0.25, 0.3) is 10.9 Å². The predicted octanol–water partition coefficient (Wildman–Crippen LogP) is 1.48. The Kier molecular flexibility index (Phi) is 2.12. The number of aromatic amines is 1. The van der Waals surface area contributed by atoms with E-state index in [1.54, 1.807) is 0 Å². The van der Waals surface area contributed by atoms with E-state index in [1.165, 1.54) is 6.07 Å². The summed E-state index contributed by atoms with van der Waals surface area (Å²) in [4.78, 5) is 27.4. The molecule has 7 heteroatoms. The van der Waals surface area contributed by atoms with E-state index in [-0.39, 0.29) is 21.6 Å². The van der Waals surface area contributed by atoms with Gasteiger partial charge in [-0.2, -0.15) is 0 Å². The molecule has 0 saturated heterocycles. The van der Waals surface area contributed by atoms with Crippen molar-refractivity contribution >= 4 is 28.2 Å². The van der Waals surface area contributed by atoms with Gasteiger partial charge >= 0.3 is 0 Å². The molecule has 1 N–H and O–H groups in total. The number of hydrogen-bond donors (Lipinski definition) is 1. The Morgan fingerprint density at radius 2 is 2.20 bits per heavy atom. The SMILES string of the molecule is O=c1[nH]cnc2c([N+](=O)[O-])cc(Cl)cc12. The molecule has 0 unspecified atom stereocenters. The molecule has 0 amide bonds. The molecule has 2 aromatic rings. The van der Waals surface area contributed by atoms with Crippen LogP contribution in [0.4, 0.5) is 5.69 Å². The van der Waals surface area contributed by atoms with Crippen LogP contribution in [-0.2, 0) is 0 Å². The molecule has 1 heterocycles. The van der Waals surface area contributed by atoms with Gasteiger partial charge in [0.05, 0.1) is 16.6 Å². The summed E-state index contributed by atoms with van der Waals surface area (Å²) in [5.41, 5.74) is -0.692. The normalized spacial score (nSPS) is 10.5.